The second-order valence-electron chi connectivity index (χ2n) is 7.60. The fourth-order valence-electron chi connectivity index (χ4n) is 3.80. The highest BCUT2D eigenvalue weighted by Crippen LogP contribution is 2.37. The molecule has 0 aliphatic carbocycles. The lowest BCUT2D eigenvalue weighted by atomic mass is 10.0. The summed E-state index contributed by atoms with van der Waals surface area (Å²) in [5.74, 6) is 2.17. The third-order valence-corrected chi connectivity index (χ3v) is 5.53. The van der Waals surface area contributed by atoms with E-state index in [-0.39, 0.29) is 5.82 Å². The summed E-state index contributed by atoms with van der Waals surface area (Å²) < 4.78 is 26.5. The molecule has 0 aliphatic rings. The highest BCUT2D eigenvalue weighted by molar-refractivity contribution is 5.82. The standard InChI is InChI=1S/C27H27FN2O2/c1-4-5-18-30-26(20-10-16-24(32-3)17-11-20)25(19-8-14-23(31-2)15-9-19)29-27(30)21-6-12-22(28)13-7-21/h6-17H,4-5,18H2,1-3H3. The summed E-state index contributed by atoms with van der Waals surface area (Å²) in [5, 5.41) is 0. The number of benzene rings is 3. The topological polar surface area (TPSA) is 36.3 Å². The highest BCUT2D eigenvalue weighted by Gasteiger charge is 2.21. The van der Waals surface area contributed by atoms with Crippen molar-refractivity contribution in [2.24, 2.45) is 0 Å². The minimum Gasteiger partial charge on any atom is -0.497 e. The van der Waals surface area contributed by atoms with Gasteiger partial charge in [-0.15, -0.1) is 0 Å². The number of rotatable bonds is 8. The van der Waals surface area contributed by atoms with Gasteiger partial charge in [-0.25, -0.2) is 9.37 Å². The van der Waals surface area contributed by atoms with Gasteiger partial charge in [-0.2, -0.15) is 0 Å². The van der Waals surface area contributed by atoms with E-state index in [2.05, 4.69) is 23.6 Å². The Bertz CT molecular complexity index is 1160. The molecule has 0 spiro atoms. The maximum absolute atomic E-state index is 13.6. The second-order valence-corrected chi connectivity index (χ2v) is 7.60. The van der Waals surface area contributed by atoms with Gasteiger partial charge in [0.15, 0.2) is 0 Å². The molecule has 4 nitrogen and oxygen atoms in total. The molecular weight excluding hydrogens is 403 g/mol. The molecule has 0 bridgehead atoms. The number of unbranched alkanes of at least 4 members (excludes halogenated alkanes) is 1. The average Bonchev–Trinajstić information content (AvgIpc) is 3.22. The Morgan fingerprint density at radius 1 is 0.750 bits per heavy atom. The van der Waals surface area contributed by atoms with Gasteiger partial charge in [-0.05, 0) is 79.2 Å². The number of ether oxygens (including phenoxy) is 2. The minimum atomic E-state index is -0.258. The highest BCUT2D eigenvalue weighted by atomic mass is 19.1. The molecule has 0 unspecified atom stereocenters. The fraction of sp³-hybridized carbons (Fsp3) is 0.222. The second kappa shape index (κ2) is 9.69. The summed E-state index contributed by atoms with van der Waals surface area (Å²) >= 11 is 0. The number of hydrogen-bond acceptors (Lipinski definition) is 3. The smallest absolute Gasteiger partial charge is 0.141 e. The van der Waals surface area contributed by atoms with Crippen LogP contribution in [-0.2, 0) is 6.54 Å². The quantitative estimate of drug-likeness (QED) is 0.307. The fourth-order valence-corrected chi connectivity index (χ4v) is 3.80. The summed E-state index contributed by atoms with van der Waals surface area (Å²) in [5.41, 5.74) is 4.85. The molecular formula is C27H27FN2O2. The Hall–Kier alpha value is -3.60. The molecule has 1 aromatic heterocycles. The average molecular weight is 431 g/mol. The van der Waals surface area contributed by atoms with Crippen molar-refractivity contribution >= 4 is 0 Å². The number of imidazole rings is 1. The molecule has 0 saturated heterocycles. The summed E-state index contributed by atoms with van der Waals surface area (Å²) in [6.07, 6.45) is 2.07. The molecule has 4 aromatic rings. The first-order chi connectivity index (χ1) is 15.6. The van der Waals surface area contributed by atoms with Gasteiger partial charge >= 0.3 is 0 Å². The SMILES string of the molecule is CCCCn1c(-c2ccc(F)cc2)nc(-c2ccc(OC)cc2)c1-c1ccc(OC)cc1. The van der Waals surface area contributed by atoms with Crippen LogP contribution in [0.4, 0.5) is 4.39 Å². The Kier molecular flexibility index (Phi) is 6.55. The van der Waals surface area contributed by atoms with Crippen molar-refractivity contribution in [3.8, 4) is 45.4 Å². The van der Waals surface area contributed by atoms with E-state index in [4.69, 9.17) is 14.5 Å². The first kappa shape index (κ1) is 21.6. The van der Waals surface area contributed by atoms with E-state index in [1.807, 2.05) is 36.4 Å². The zero-order valence-electron chi connectivity index (χ0n) is 18.6. The summed E-state index contributed by atoms with van der Waals surface area (Å²) in [4.78, 5) is 5.08. The van der Waals surface area contributed by atoms with Crippen molar-refractivity contribution in [1.82, 2.24) is 9.55 Å². The normalized spacial score (nSPS) is 10.9. The first-order valence-corrected chi connectivity index (χ1v) is 10.8. The van der Waals surface area contributed by atoms with Crippen molar-refractivity contribution in [3.05, 3.63) is 78.6 Å². The van der Waals surface area contributed by atoms with Crippen molar-refractivity contribution < 1.29 is 13.9 Å². The van der Waals surface area contributed by atoms with E-state index >= 15 is 0 Å². The number of nitrogens with zero attached hydrogens (tertiary/aromatic N) is 2. The number of aromatic nitrogens is 2. The van der Waals surface area contributed by atoms with Gasteiger partial charge in [0.25, 0.3) is 0 Å². The van der Waals surface area contributed by atoms with E-state index < -0.39 is 0 Å². The molecule has 1 heterocycles. The third-order valence-electron chi connectivity index (χ3n) is 5.53. The van der Waals surface area contributed by atoms with Crippen molar-refractivity contribution in [2.45, 2.75) is 26.3 Å². The van der Waals surface area contributed by atoms with Crippen LogP contribution in [0.25, 0.3) is 33.9 Å². The van der Waals surface area contributed by atoms with Crippen LogP contribution in [0.3, 0.4) is 0 Å². The van der Waals surface area contributed by atoms with Crippen LogP contribution in [0, 0.1) is 5.82 Å². The molecule has 0 atom stereocenters. The third kappa shape index (κ3) is 4.37. The van der Waals surface area contributed by atoms with Gasteiger partial charge in [-0.3, -0.25) is 0 Å². The lowest BCUT2D eigenvalue weighted by molar-refractivity contribution is 0.414. The molecule has 0 saturated carbocycles. The molecule has 164 valence electrons. The lowest BCUT2D eigenvalue weighted by Crippen LogP contribution is -2.03. The van der Waals surface area contributed by atoms with Gasteiger partial charge in [0.1, 0.15) is 23.1 Å². The van der Waals surface area contributed by atoms with Crippen molar-refractivity contribution in [1.29, 1.82) is 0 Å². The van der Waals surface area contributed by atoms with E-state index in [1.54, 1.807) is 26.4 Å². The van der Waals surface area contributed by atoms with Gasteiger partial charge in [0.2, 0.25) is 0 Å². The van der Waals surface area contributed by atoms with Gasteiger partial charge in [0, 0.05) is 23.2 Å². The van der Waals surface area contributed by atoms with Crippen LogP contribution in [0.1, 0.15) is 19.8 Å². The van der Waals surface area contributed by atoms with E-state index in [0.29, 0.717) is 0 Å². The van der Waals surface area contributed by atoms with Crippen LogP contribution in [-0.4, -0.2) is 23.8 Å². The summed E-state index contributed by atoms with van der Waals surface area (Å²) in [6.45, 7) is 2.99. The molecule has 3 aromatic carbocycles. The molecule has 0 N–H and O–H groups in total. The first-order valence-electron chi connectivity index (χ1n) is 10.8. The molecule has 0 radical (unpaired) electrons. The Morgan fingerprint density at radius 3 is 1.81 bits per heavy atom. The van der Waals surface area contributed by atoms with Gasteiger partial charge < -0.3 is 14.0 Å². The van der Waals surface area contributed by atoms with Crippen molar-refractivity contribution in [2.75, 3.05) is 14.2 Å². The predicted molar refractivity (Wildman–Crippen MR) is 127 cm³/mol. The van der Waals surface area contributed by atoms with Gasteiger partial charge in [-0.1, -0.05) is 13.3 Å². The maximum atomic E-state index is 13.6. The van der Waals surface area contributed by atoms with Crippen molar-refractivity contribution in [3.63, 3.8) is 0 Å². The molecule has 4 rings (SSSR count). The minimum absolute atomic E-state index is 0.258. The molecule has 32 heavy (non-hydrogen) atoms. The van der Waals surface area contributed by atoms with Crippen LogP contribution in [0.5, 0.6) is 11.5 Å². The largest absolute Gasteiger partial charge is 0.497 e. The lowest BCUT2D eigenvalue weighted by Gasteiger charge is -2.14. The number of methoxy groups -OCH3 is 2. The number of halogens is 1. The molecule has 5 heteroatoms. The zero-order valence-corrected chi connectivity index (χ0v) is 18.6. The van der Waals surface area contributed by atoms with Crippen LogP contribution >= 0.6 is 0 Å². The summed E-state index contributed by atoms with van der Waals surface area (Å²) in [6, 6.07) is 22.5. The number of hydrogen-bond donors (Lipinski definition) is 0. The molecule has 0 amide bonds. The van der Waals surface area contributed by atoms with Gasteiger partial charge in [0.05, 0.1) is 25.6 Å². The summed E-state index contributed by atoms with van der Waals surface area (Å²) in [7, 11) is 3.32. The Balaban J connectivity index is 1.95. The predicted octanol–water partition coefficient (Wildman–Crippen LogP) is 6.84. The van der Waals surface area contributed by atoms with Crippen LogP contribution in [0.2, 0.25) is 0 Å². The molecule has 0 aliphatic heterocycles. The van der Waals surface area contributed by atoms with Crippen LogP contribution < -0.4 is 9.47 Å². The Labute approximate surface area is 188 Å². The van der Waals surface area contributed by atoms with E-state index in [1.165, 1.54) is 12.1 Å². The van der Waals surface area contributed by atoms with E-state index in [9.17, 15) is 4.39 Å². The Morgan fingerprint density at radius 2 is 1.28 bits per heavy atom. The molecule has 0 fully saturated rings. The maximum Gasteiger partial charge on any atom is 0.141 e. The van der Waals surface area contributed by atoms with E-state index in [0.717, 1.165) is 64.8 Å². The zero-order chi connectivity index (χ0) is 22.5. The van der Waals surface area contributed by atoms with Crippen LogP contribution in [0.15, 0.2) is 72.8 Å². The monoisotopic (exact) mass is 430 g/mol.